The smallest absolute Gasteiger partial charge is 0.408 e. The Morgan fingerprint density at radius 2 is 1.83 bits per heavy atom. The van der Waals surface area contributed by atoms with E-state index in [2.05, 4.69) is 5.32 Å². The van der Waals surface area contributed by atoms with E-state index in [0.29, 0.717) is 13.0 Å². The molecule has 0 bridgehead atoms. The Morgan fingerprint density at radius 3 is 2.33 bits per heavy atom. The molecule has 1 atom stereocenters. The van der Waals surface area contributed by atoms with Crippen molar-refractivity contribution in [2.75, 3.05) is 14.2 Å². The molecule has 0 radical (unpaired) electrons. The van der Waals surface area contributed by atoms with Crippen LogP contribution < -0.4 is 11.1 Å². The van der Waals surface area contributed by atoms with Gasteiger partial charge in [-0.15, -0.1) is 0 Å². The van der Waals surface area contributed by atoms with Gasteiger partial charge in [0.25, 0.3) is 5.91 Å². The third kappa shape index (κ3) is 6.17. The number of nitrogens with one attached hydrogen (secondary N) is 1. The normalized spacial score (nSPS) is 12.4. The topological polar surface area (TPSA) is 93.9 Å². The predicted octanol–water partition coefficient (Wildman–Crippen LogP) is 1.60. The molecule has 0 saturated heterocycles. The molecule has 7 heteroatoms. The number of alkyl carbamates (subject to hydrolysis) is 1. The van der Waals surface area contributed by atoms with Crippen LogP contribution in [0.3, 0.4) is 0 Å². The van der Waals surface area contributed by atoms with E-state index in [1.165, 1.54) is 14.2 Å². The lowest BCUT2D eigenvalue weighted by Crippen LogP contribution is -2.49. The van der Waals surface area contributed by atoms with Gasteiger partial charge in [-0.3, -0.25) is 9.63 Å². The summed E-state index contributed by atoms with van der Waals surface area (Å²) in [5.41, 5.74) is 6.89. The van der Waals surface area contributed by atoms with Crippen molar-refractivity contribution in [1.82, 2.24) is 10.4 Å². The molecule has 0 fully saturated rings. The summed E-state index contributed by atoms with van der Waals surface area (Å²) in [5, 5.41) is 3.69. The molecule has 2 amide bonds. The molecule has 0 heterocycles. The summed E-state index contributed by atoms with van der Waals surface area (Å²) in [7, 11) is 2.87. The Bertz CT molecular complexity index is 569. The number of likely N-dealkylation sites (N-methyl/N-ethyl adjacent to an activating group) is 1. The van der Waals surface area contributed by atoms with Gasteiger partial charge in [0.15, 0.2) is 0 Å². The van der Waals surface area contributed by atoms with Gasteiger partial charge in [0, 0.05) is 20.0 Å². The zero-order chi connectivity index (χ0) is 18.3. The van der Waals surface area contributed by atoms with Crippen LogP contribution in [0.15, 0.2) is 24.3 Å². The molecule has 7 nitrogen and oxygen atoms in total. The van der Waals surface area contributed by atoms with E-state index in [9.17, 15) is 9.59 Å². The van der Waals surface area contributed by atoms with E-state index in [4.69, 9.17) is 15.3 Å². The lowest BCUT2D eigenvalue weighted by Gasteiger charge is -2.26. The van der Waals surface area contributed by atoms with Crippen molar-refractivity contribution in [2.24, 2.45) is 5.73 Å². The number of carbonyl (C=O) groups is 2. The number of nitrogens with two attached hydrogens (primary N) is 1. The number of carbonyl (C=O) groups excluding carboxylic acids is 2. The second-order valence-electron chi connectivity index (χ2n) is 6.39. The van der Waals surface area contributed by atoms with E-state index in [-0.39, 0.29) is 5.91 Å². The second-order valence-corrected chi connectivity index (χ2v) is 6.39. The molecule has 1 aromatic rings. The highest BCUT2D eigenvalue weighted by atomic mass is 16.7. The lowest BCUT2D eigenvalue weighted by atomic mass is 9.99. The molecule has 0 aliphatic carbocycles. The highest BCUT2D eigenvalue weighted by Gasteiger charge is 2.27. The summed E-state index contributed by atoms with van der Waals surface area (Å²) in [6.07, 6.45) is -0.366. The number of benzene rings is 1. The van der Waals surface area contributed by atoms with Crippen molar-refractivity contribution in [2.45, 2.75) is 45.4 Å². The van der Waals surface area contributed by atoms with Crippen LogP contribution in [0, 0.1) is 0 Å². The lowest BCUT2D eigenvalue weighted by molar-refractivity contribution is -0.171. The van der Waals surface area contributed by atoms with Crippen LogP contribution in [0.4, 0.5) is 4.79 Å². The van der Waals surface area contributed by atoms with Gasteiger partial charge in [0.1, 0.15) is 11.6 Å². The van der Waals surface area contributed by atoms with Crippen LogP contribution in [-0.4, -0.2) is 42.9 Å². The maximum absolute atomic E-state index is 12.5. The van der Waals surface area contributed by atoms with E-state index >= 15 is 0 Å². The fourth-order valence-electron chi connectivity index (χ4n) is 2.14. The average molecular weight is 337 g/mol. The molecule has 1 rings (SSSR count). The van der Waals surface area contributed by atoms with Crippen LogP contribution in [0.5, 0.6) is 0 Å². The van der Waals surface area contributed by atoms with Gasteiger partial charge < -0.3 is 15.8 Å². The van der Waals surface area contributed by atoms with Crippen molar-refractivity contribution in [1.29, 1.82) is 0 Å². The minimum Gasteiger partial charge on any atom is -0.444 e. The van der Waals surface area contributed by atoms with Crippen molar-refractivity contribution in [3.8, 4) is 0 Å². The number of rotatable bonds is 6. The van der Waals surface area contributed by atoms with Gasteiger partial charge in [-0.05, 0) is 31.9 Å². The monoisotopic (exact) mass is 337 g/mol. The molecule has 1 aromatic carbocycles. The first-order chi connectivity index (χ1) is 11.2. The van der Waals surface area contributed by atoms with E-state index in [1.807, 2.05) is 24.3 Å². The van der Waals surface area contributed by atoms with Crippen LogP contribution in [-0.2, 0) is 27.3 Å². The summed E-state index contributed by atoms with van der Waals surface area (Å²) >= 11 is 0. The Kier molecular flexibility index (Phi) is 7.18. The number of ether oxygens (including phenoxy) is 1. The molecular weight excluding hydrogens is 310 g/mol. The third-order valence-electron chi connectivity index (χ3n) is 3.34. The van der Waals surface area contributed by atoms with Gasteiger partial charge >= 0.3 is 6.09 Å². The summed E-state index contributed by atoms with van der Waals surface area (Å²) in [6, 6.07) is 6.70. The molecule has 0 aromatic heterocycles. The third-order valence-corrected chi connectivity index (χ3v) is 3.34. The first-order valence-corrected chi connectivity index (χ1v) is 7.76. The average Bonchev–Trinajstić information content (AvgIpc) is 2.51. The van der Waals surface area contributed by atoms with Crippen LogP contribution in [0.2, 0.25) is 0 Å². The maximum atomic E-state index is 12.5. The summed E-state index contributed by atoms with van der Waals surface area (Å²) in [6.45, 7) is 5.63. The molecular formula is C17H27N3O4. The Hall–Kier alpha value is -2.12. The molecule has 134 valence electrons. The molecule has 24 heavy (non-hydrogen) atoms. The number of hydrogen-bond acceptors (Lipinski definition) is 5. The second kappa shape index (κ2) is 8.65. The molecule has 1 unspecified atom stereocenters. The van der Waals surface area contributed by atoms with Crippen molar-refractivity contribution in [3.05, 3.63) is 35.4 Å². The number of hydroxylamine groups is 2. The van der Waals surface area contributed by atoms with Crippen molar-refractivity contribution in [3.63, 3.8) is 0 Å². The predicted molar refractivity (Wildman–Crippen MR) is 91.0 cm³/mol. The summed E-state index contributed by atoms with van der Waals surface area (Å²) in [4.78, 5) is 29.5. The highest BCUT2D eigenvalue weighted by Crippen LogP contribution is 2.13. The SMILES string of the molecule is CON(C)C(=O)C(Cc1ccccc1CN)NC(=O)OC(C)(C)C. The zero-order valence-electron chi connectivity index (χ0n) is 15.0. The molecule has 0 spiro atoms. The zero-order valence-corrected chi connectivity index (χ0v) is 15.0. The van der Waals surface area contributed by atoms with Crippen LogP contribution >= 0.6 is 0 Å². The van der Waals surface area contributed by atoms with Gasteiger partial charge in [-0.25, -0.2) is 9.86 Å². The molecule has 0 saturated carbocycles. The first-order valence-electron chi connectivity index (χ1n) is 7.76. The van der Waals surface area contributed by atoms with Crippen molar-refractivity contribution >= 4 is 12.0 Å². The van der Waals surface area contributed by atoms with Gasteiger partial charge in [-0.2, -0.15) is 0 Å². The van der Waals surface area contributed by atoms with E-state index in [1.54, 1.807) is 20.8 Å². The largest absolute Gasteiger partial charge is 0.444 e. The maximum Gasteiger partial charge on any atom is 0.408 e. The summed E-state index contributed by atoms with van der Waals surface area (Å²) in [5.74, 6) is -0.379. The van der Waals surface area contributed by atoms with Gasteiger partial charge in [0.05, 0.1) is 7.11 Å². The fourth-order valence-corrected chi connectivity index (χ4v) is 2.14. The quantitative estimate of drug-likeness (QED) is 0.769. The Balaban J connectivity index is 2.97. The molecule has 0 aliphatic rings. The Labute approximate surface area is 143 Å². The van der Waals surface area contributed by atoms with Crippen LogP contribution in [0.25, 0.3) is 0 Å². The minimum absolute atomic E-state index is 0.291. The van der Waals surface area contributed by atoms with Crippen LogP contribution in [0.1, 0.15) is 31.9 Å². The number of amides is 2. The van der Waals surface area contributed by atoms with Crippen molar-refractivity contribution < 1.29 is 19.2 Å². The van der Waals surface area contributed by atoms with E-state index < -0.39 is 17.7 Å². The highest BCUT2D eigenvalue weighted by molar-refractivity contribution is 5.85. The molecule has 3 N–H and O–H groups in total. The number of hydrogen-bond donors (Lipinski definition) is 2. The molecule has 0 aliphatic heterocycles. The minimum atomic E-state index is -0.822. The van der Waals surface area contributed by atoms with Gasteiger partial charge in [0.2, 0.25) is 0 Å². The standard InChI is InChI=1S/C17H27N3O4/c1-17(2,3)24-16(22)19-14(15(21)20(4)23-5)10-12-8-6-7-9-13(12)11-18/h6-9,14H,10-11,18H2,1-5H3,(H,19,22). The van der Waals surface area contributed by atoms with Gasteiger partial charge in [-0.1, -0.05) is 24.3 Å². The number of nitrogens with zero attached hydrogens (tertiary/aromatic N) is 1. The van der Waals surface area contributed by atoms with E-state index in [0.717, 1.165) is 16.2 Å². The summed E-state index contributed by atoms with van der Waals surface area (Å²) < 4.78 is 5.24. The Morgan fingerprint density at radius 1 is 1.25 bits per heavy atom. The first kappa shape index (κ1) is 19.9. The fraction of sp³-hybridized carbons (Fsp3) is 0.529.